The number of hydrogen-bond donors (Lipinski definition) is 0. The molecule has 4 rings (SSSR count). The van der Waals surface area contributed by atoms with Crippen molar-refractivity contribution in [3.63, 3.8) is 0 Å². The van der Waals surface area contributed by atoms with E-state index in [4.69, 9.17) is 0 Å². The molecular weight excluding hydrogens is 649 g/mol. The van der Waals surface area contributed by atoms with Crippen LogP contribution >= 0.6 is 0 Å². The number of rotatable bonds is 5. The summed E-state index contributed by atoms with van der Waals surface area (Å²) >= 11 is 0. The van der Waals surface area contributed by atoms with Gasteiger partial charge in [-0.3, -0.25) is 22.5 Å². The molecule has 0 spiro atoms. The van der Waals surface area contributed by atoms with Gasteiger partial charge in [-0.15, -0.1) is 24.3 Å². The number of aromatic nitrogens is 2. The maximum Gasteiger partial charge on any atom is 2.00 e. The van der Waals surface area contributed by atoms with Gasteiger partial charge >= 0.3 is 21.1 Å². The van der Waals surface area contributed by atoms with Gasteiger partial charge in [-0.1, -0.05) is 35.4 Å². The van der Waals surface area contributed by atoms with Gasteiger partial charge in [-0.05, 0) is 37.7 Å². The Morgan fingerprint density at radius 2 is 1.26 bits per heavy atom. The smallest absolute Gasteiger partial charge is 0.300 e. The van der Waals surface area contributed by atoms with Crippen molar-refractivity contribution < 1.29 is 47.4 Å². The van der Waals surface area contributed by atoms with Gasteiger partial charge in [-0.25, -0.2) is 0 Å². The van der Waals surface area contributed by atoms with Gasteiger partial charge in [0.25, 0.3) is 5.92 Å². The summed E-state index contributed by atoms with van der Waals surface area (Å²) in [4.78, 5) is 8.49. The zero-order valence-corrected chi connectivity index (χ0v) is 20.5. The van der Waals surface area contributed by atoms with Crippen LogP contribution in [0.4, 0.5) is 26.3 Å². The second-order valence-electron chi connectivity index (χ2n) is 8.10. The van der Waals surface area contributed by atoms with Gasteiger partial charge in [-0.2, -0.15) is 14.8 Å². The number of alkyl halides is 2. The zero-order valence-electron chi connectivity index (χ0n) is 18.3. The van der Waals surface area contributed by atoms with Crippen molar-refractivity contribution in [2.75, 3.05) is 0 Å². The summed E-state index contributed by atoms with van der Waals surface area (Å²) in [6.45, 7) is 3.36. The fraction of sp³-hybridized carbons (Fsp3) is 0.154. The normalized spacial score (nSPS) is 11.8. The molecule has 0 saturated heterocycles. The molecule has 0 saturated carbocycles. The van der Waals surface area contributed by atoms with Gasteiger partial charge in [0.15, 0.2) is 0 Å². The largest absolute Gasteiger partial charge is 2.00 e. The molecule has 0 atom stereocenters. The first kappa shape index (κ1) is 26.6. The maximum absolute atomic E-state index is 15.1. The maximum atomic E-state index is 15.1. The molecule has 0 aliphatic carbocycles. The third kappa shape index (κ3) is 5.17. The third-order valence-corrected chi connectivity index (χ3v) is 5.39. The van der Waals surface area contributed by atoms with E-state index in [1.807, 2.05) is 6.07 Å². The number of nitrogens with zero attached hydrogens (tertiary/aromatic N) is 2. The summed E-state index contributed by atoms with van der Waals surface area (Å²) in [7, 11) is 0. The summed E-state index contributed by atoms with van der Waals surface area (Å²) in [5.41, 5.74) is -2.24. The monoisotopic (exact) mass is 665 g/mol. The molecule has 0 unspecified atom stereocenters. The summed E-state index contributed by atoms with van der Waals surface area (Å²) < 4.78 is 84.8. The van der Waals surface area contributed by atoms with Crippen LogP contribution in [-0.2, 0) is 32.4 Å². The minimum absolute atomic E-state index is 0. The van der Waals surface area contributed by atoms with Crippen LogP contribution in [0.3, 0.4) is 0 Å². The topological polar surface area (TPSA) is 25.8 Å². The SMILES string of the molecule is CC(C)(c1cccc(-c2[c-]cc(F)cc2F)n1)c1cccc(C(F)(F)c2[c-]cc(F)cc2F)n1.[Pt+2]. The molecule has 0 radical (unpaired) electrons. The van der Waals surface area contributed by atoms with Gasteiger partial charge in [0.2, 0.25) is 0 Å². The molecule has 9 heteroatoms. The van der Waals surface area contributed by atoms with E-state index in [1.165, 1.54) is 18.2 Å². The minimum atomic E-state index is -3.88. The average Bonchev–Trinajstić information content (AvgIpc) is 2.79. The van der Waals surface area contributed by atoms with E-state index in [9.17, 15) is 17.6 Å². The summed E-state index contributed by atoms with van der Waals surface area (Å²) in [6, 6.07) is 15.7. The summed E-state index contributed by atoms with van der Waals surface area (Å²) in [6.07, 6.45) is 0. The summed E-state index contributed by atoms with van der Waals surface area (Å²) in [5.74, 6) is -7.98. The van der Waals surface area contributed by atoms with Crippen molar-refractivity contribution in [2.24, 2.45) is 0 Å². The Morgan fingerprint density at radius 3 is 1.89 bits per heavy atom. The predicted octanol–water partition coefficient (Wildman–Crippen LogP) is 6.76. The minimum Gasteiger partial charge on any atom is -0.300 e. The second-order valence-corrected chi connectivity index (χ2v) is 8.10. The second kappa shape index (κ2) is 9.94. The van der Waals surface area contributed by atoms with Crippen molar-refractivity contribution in [3.05, 3.63) is 119 Å². The molecule has 0 bridgehead atoms. The number of halogens is 6. The molecule has 4 aromatic rings. The Kier molecular flexibility index (Phi) is 7.56. The van der Waals surface area contributed by atoms with Crippen molar-refractivity contribution >= 4 is 0 Å². The van der Waals surface area contributed by atoms with Gasteiger partial charge in [0.05, 0.1) is 5.69 Å². The number of benzene rings is 2. The van der Waals surface area contributed by atoms with E-state index in [-0.39, 0.29) is 38.0 Å². The van der Waals surface area contributed by atoms with E-state index < -0.39 is 45.9 Å². The molecule has 2 aromatic carbocycles. The fourth-order valence-electron chi connectivity index (χ4n) is 3.47. The van der Waals surface area contributed by atoms with Crippen LogP contribution in [-0.4, -0.2) is 9.97 Å². The molecule has 2 aromatic heterocycles. The van der Waals surface area contributed by atoms with Crippen molar-refractivity contribution in [1.82, 2.24) is 9.97 Å². The molecular formula is C26H16F6N2Pt. The third-order valence-electron chi connectivity index (χ3n) is 5.39. The molecule has 2 heterocycles. The van der Waals surface area contributed by atoms with Crippen LogP contribution in [0.15, 0.2) is 60.7 Å². The van der Waals surface area contributed by atoms with Gasteiger partial charge in [0.1, 0.15) is 5.69 Å². The summed E-state index contributed by atoms with van der Waals surface area (Å²) in [5, 5.41) is 0. The van der Waals surface area contributed by atoms with Crippen LogP contribution in [0.2, 0.25) is 0 Å². The van der Waals surface area contributed by atoms with Gasteiger partial charge < -0.3 is 4.98 Å². The molecule has 0 aliphatic heterocycles. The average molecular weight is 665 g/mol. The Bertz CT molecular complexity index is 1370. The first-order chi connectivity index (χ1) is 16.0. The van der Waals surface area contributed by atoms with Crippen molar-refractivity contribution in [1.29, 1.82) is 0 Å². The van der Waals surface area contributed by atoms with Crippen LogP contribution in [0, 0.1) is 35.4 Å². The number of pyridine rings is 2. The molecule has 35 heavy (non-hydrogen) atoms. The molecule has 0 N–H and O–H groups in total. The van der Waals surface area contributed by atoms with E-state index in [0.29, 0.717) is 23.9 Å². The van der Waals surface area contributed by atoms with Crippen LogP contribution in [0.5, 0.6) is 0 Å². The van der Waals surface area contributed by atoms with E-state index in [2.05, 4.69) is 16.0 Å². The van der Waals surface area contributed by atoms with Crippen LogP contribution in [0.25, 0.3) is 11.3 Å². The Balaban J connectivity index is 0.00000342. The van der Waals surface area contributed by atoms with E-state index in [1.54, 1.807) is 26.0 Å². The van der Waals surface area contributed by atoms with Gasteiger partial charge in [0, 0.05) is 34.4 Å². The Hall–Kier alpha value is -2.99. The van der Waals surface area contributed by atoms with Crippen molar-refractivity contribution in [2.45, 2.75) is 25.2 Å². The van der Waals surface area contributed by atoms with Crippen LogP contribution in [0.1, 0.15) is 36.5 Å². The Morgan fingerprint density at radius 1 is 0.714 bits per heavy atom. The quantitative estimate of drug-likeness (QED) is 0.174. The van der Waals surface area contributed by atoms with Crippen molar-refractivity contribution in [3.8, 4) is 11.3 Å². The fourth-order valence-corrected chi connectivity index (χ4v) is 3.47. The Labute approximate surface area is 212 Å². The molecule has 182 valence electrons. The standard InChI is InChI=1S/C26H16F6N2.Pt/c1-25(2,22-6-3-5-21(33-22)17-11-9-15(27)13-19(17)29)23-7-4-8-24(34-23)26(31,32)18-12-10-16(28)14-20(18)30;/h3-10,13-14H,1-2H3;/q-2;+2. The zero-order chi connectivity index (χ0) is 24.7. The van der Waals surface area contributed by atoms with Crippen LogP contribution < -0.4 is 0 Å². The molecule has 0 aliphatic rings. The molecule has 0 fully saturated rings. The van der Waals surface area contributed by atoms with E-state index in [0.717, 1.165) is 12.1 Å². The first-order valence-corrected chi connectivity index (χ1v) is 10.1. The first-order valence-electron chi connectivity index (χ1n) is 10.1. The van der Waals surface area contributed by atoms with E-state index >= 15 is 8.78 Å². The predicted molar refractivity (Wildman–Crippen MR) is 113 cm³/mol. The molecule has 0 amide bonds. The number of hydrogen-bond acceptors (Lipinski definition) is 2. The molecule has 2 nitrogen and oxygen atoms in total.